The van der Waals surface area contributed by atoms with E-state index < -0.39 is 0 Å². The molecular weight excluding hydrogens is 232 g/mol. The Morgan fingerprint density at radius 3 is 2.93 bits per heavy atom. The van der Waals surface area contributed by atoms with E-state index in [1.807, 2.05) is 23.3 Å². The van der Waals surface area contributed by atoms with Gasteiger partial charge >= 0.3 is 0 Å². The normalized spacial score (nSPS) is 10.8. The molecule has 2 rings (SSSR count). The van der Waals surface area contributed by atoms with E-state index in [4.69, 9.17) is 11.6 Å². The summed E-state index contributed by atoms with van der Waals surface area (Å²) in [7, 11) is 1.90. The van der Waals surface area contributed by atoms with Gasteiger partial charge in [-0.3, -0.25) is 4.98 Å². The largest absolute Gasteiger partial charge is 0.321 e. The molecule has 15 heavy (non-hydrogen) atoms. The highest BCUT2D eigenvalue weighted by atomic mass is 35.5. The molecule has 0 fully saturated rings. The smallest absolute Gasteiger partial charge is 0.128 e. The lowest BCUT2D eigenvalue weighted by Crippen LogP contribution is -2.15. The monoisotopic (exact) mass is 242 g/mol. The number of halogens is 1. The SMILES string of the molecule is Cn1c(Cl)cnc1CNCc1cncs1. The number of hydrogen-bond acceptors (Lipinski definition) is 4. The first kappa shape index (κ1) is 10.6. The van der Waals surface area contributed by atoms with E-state index >= 15 is 0 Å². The number of thiazole rings is 1. The van der Waals surface area contributed by atoms with Crippen LogP contribution in [0, 0.1) is 0 Å². The van der Waals surface area contributed by atoms with Gasteiger partial charge in [0.1, 0.15) is 11.0 Å². The highest BCUT2D eigenvalue weighted by Crippen LogP contribution is 2.09. The van der Waals surface area contributed by atoms with Gasteiger partial charge in [0.25, 0.3) is 0 Å². The van der Waals surface area contributed by atoms with Gasteiger partial charge in [0, 0.05) is 24.7 Å². The third-order valence-electron chi connectivity index (χ3n) is 2.09. The van der Waals surface area contributed by atoms with Crippen molar-refractivity contribution in [2.24, 2.45) is 7.05 Å². The van der Waals surface area contributed by atoms with E-state index in [0.717, 1.165) is 12.4 Å². The molecule has 0 saturated heterocycles. The van der Waals surface area contributed by atoms with Gasteiger partial charge in [-0.05, 0) is 0 Å². The minimum Gasteiger partial charge on any atom is -0.321 e. The van der Waals surface area contributed by atoms with Crippen LogP contribution in [0.5, 0.6) is 0 Å². The fourth-order valence-corrected chi connectivity index (χ4v) is 1.93. The Bertz CT molecular complexity index is 423. The number of rotatable bonds is 4. The number of nitrogens with zero attached hydrogens (tertiary/aromatic N) is 3. The van der Waals surface area contributed by atoms with E-state index in [-0.39, 0.29) is 0 Å². The van der Waals surface area contributed by atoms with Crippen LogP contribution in [0.2, 0.25) is 5.15 Å². The van der Waals surface area contributed by atoms with Crippen LogP contribution in [0.1, 0.15) is 10.7 Å². The Morgan fingerprint density at radius 1 is 1.47 bits per heavy atom. The molecular formula is C9H11ClN4S. The average molecular weight is 243 g/mol. The Morgan fingerprint density at radius 2 is 2.33 bits per heavy atom. The second-order valence-corrected chi connectivity index (χ2v) is 4.49. The third kappa shape index (κ3) is 2.56. The molecule has 6 heteroatoms. The molecule has 0 amide bonds. The number of hydrogen-bond donors (Lipinski definition) is 1. The summed E-state index contributed by atoms with van der Waals surface area (Å²) in [4.78, 5) is 9.41. The van der Waals surface area contributed by atoms with Gasteiger partial charge in [-0.2, -0.15) is 0 Å². The second kappa shape index (κ2) is 4.74. The predicted molar refractivity (Wildman–Crippen MR) is 60.9 cm³/mol. The van der Waals surface area contributed by atoms with Gasteiger partial charge in [0.05, 0.1) is 18.3 Å². The maximum atomic E-state index is 5.87. The summed E-state index contributed by atoms with van der Waals surface area (Å²) in [5.74, 6) is 0.935. The quantitative estimate of drug-likeness (QED) is 0.890. The van der Waals surface area contributed by atoms with E-state index in [1.165, 1.54) is 4.88 Å². The average Bonchev–Trinajstić information content (AvgIpc) is 2.83. The van der Waals surface area contributed by atoms with Crippen molar-refractivity contribution in [3.63, 3.8) is 0 Å². The van der Waals surface area contributed by atoms with Crippen molar-refractivity contribution in [3.05, 3.63) is 33.8 Å². The van der Waals surface area contributed by atoms with Crippen LogP contribution in [-0.4, -0.2) is 14.5 Å². The standard InChI is InChI=1S/C9H11ClN4S/c1-14-8(10)4-13-9(14)5-11-2-7-3-12-6-15-7/h3-4,6,11H,2,5H2,1H3. The molecule has 0 aromatic carbocycles. The first-order valence-electron chi connectivity index (χ1n) is 4.51. The highest BCUT2D eigenvalue weighted by molar-refractivity contribution is 7.09. The molecule has 0 aliphatic rings. The molecule has 2 aromatic heterocycles. The van der Waals surface area contributed by atoms with Crippen LogP contribution in [0.3, 0.4) is 0 Å². The number of aromatic nitrogens is 3. The fraction of sp³-hybridized carbons (Fsp3) is 0.333. The van der Waals surface area contributed by atoms with Crippen LogP contribution in [0.4, 0.5) is 0 Å². The summed E-state index contributed by atoms with van der Waals surface area (Å²) < 4.78 is 1.86. The van der Waals surface area contributed by atoms with Gasteiger partial charge in [-0.25, -0.2) is 4.98 Å². The topological polar surface area (TPSA) is 42.7 Å². The Balaban J connectivity index is 1.86. The maximum absolute atomic E-state index is 5.87. The lowest BCUT2D eigenvalue weighted by atomic mass is 10.5. The number of nitrogens with one attached hydrogen (secondary N) is 1. The van der Waals surface area contributed by atoms with Crippen LogP contribution in [0.25, 0.3) is 0 Å². The third-order valence-corrected chi connectivity index (χ3v) is 3.22. The van der Waals surface area contributed by atoms with Crippen molar-refractivity contribution in [2.75, 3.05) is 0 Å². The molecule has 0 unspecified atom stereocenters. The molecule has 0 atom stereocenters. The first-order valence-corrected chi connectivity index (χ1v) is 5.77. The summed E-state index contributed by atoms with van der Waals surface area (Å²) in [5, 5.41) is 3.94. The minimum absolute atomic E-state index is 0.657. The summed E-state index contributed by atoms with van der Waals surface area (Å²) in [6.07, 6.45) is 3.52. The van der Waals surface area contributed by atoms with E-state index in [2.05, 4.69) is 15.3 Å². The van der Waals surface area contributed by atoms with Crippen molar-refractivity contribution >= 4 is 22.9 Å². The summed E-state index contributed by atoms with van der Waals surface area (Å²) in [6, 6.07) is 0. The van der Waals surface area contributed by atoms with Crippen molar-refractivity contribution in [3.8, 4) is 0 Å². The fourth-order valence-electron chi connectivity index (χ4n) is 1.22. The zero-order valence-corrected chi connectivity index (χ0v) is 9.85. The molecule has 2 aromatic rings. The first-order chi connectivity index (χ1) is 7.27. The zero-order chi connectivity index (χ0) is 10.7. The summed E-state index contributed by atoms with van der Waals surface area (Å²) in [5.41, 5.74) is 1.83. The van der Waals surface area contributed by atoms with Crippen LogP contribution >= 0.6 is 22.9 Å². The molecule has 1 N–H and O–H groups in total. The molecule has 0 radical (unpaired) electrons. The molecule has 0 saturated carbocycles. The Kier molecular flexibility index (Phi) is 3.35. The van der Waals surface area contributed by atoms with E-state index in [0.29, 0.717) is 11.7 Å². The Labute approximate surface area is 96.9 Å². The second-order valence-electron chi connectivity index (χ2n) is 3.13. The van der Waals surface area contributed by atoms with Crippen molar-refractivity contribution < 1.29 is 0 Å². The van der Waals surface area contributed by atoms with Gasteiger partial charge in [-0.15, -0.1) is 11.3 Å². The molecule has 0 aliphatic carbocycles. The van der Waals surface area contributed by atoms with Crippen molar-refractivity contribution in [1.82, 2.24) is 19.9 Å². The Hall–Kier alpha value is -0.910. The summed E-state index contributed by atoms with van der Waals surface area (Å²) in [6.45, 7) is 1.52. The minimum atomic E-state index is 0.657. The highest BCUT2D eigenvalue weighted by Gasteiger charge is 2.03. The lowest BCUT2D eigenvalue weighted by Gasteiger charge is -2.03. The van der Waals surface area contributed by atoms with Gasteiger partial charge in [0.2, 0.25) is 0 Å². The van der Waals surface area contributed by atoms with Crippen LogP contribution < -0.4 is 5.32 Å². The molecule has 2 heterocycles. The molecule has 0 aliphatic heterocycles. The van der Waals surface area contributed by atoms with E-state index in [9.17, 15) is 0 Å². The van der Waals surface area contributed by atoms with Gasteiger partial charge in [-0.1, -0.05) is 11.6 Å². The summed E-state index contributed by atoms with van der Waals surface area (Å²) >= 11 is 7.51. The van der Waals surface area contributed by atoms with Crippen LogP contribution in [0.15, 0.2) is 17.9 Å². The van der Waals surface area contributed by atoms with Gasteiger partial charge < -0.3 is 9.88 Å². The molecule has 0 bridgehead atoms. The van der Waals surface area contributed by atoms with Gasteiger partial charge in [0.15, 0.2) is 0 Å². The van der Waals surface area contributed by atoms with Crippen LogP contribution in [-0.2, 0) is 20.1 Å². The predicted octanol–water partition coefficient (Wildman–Crippen LogP) is 1.82. The lowest BCUT2D eigenvalue weighted by molar-refractivity contribution is 0.643. The molecule has 4 nitrogen and oxygen atoms in total. The molecule has 80 valence electrons. The van der Waals surface area contributed by atoms with Crippen molar-refractivity contribution in [2.45, 2.75) is 13.1 Å². The zero-order valence-electron chi connectivity index (χ0n) is 8.27. The van der Waals surface area contributed by atoms with E-state index in [1.54, 1.807) is 17.5 Å². The maximum Gasteiger partial charge on any atom is 0.128 e. The van der Waals surface area contributed by atoms with Crippen molar-refractivity contribution in [1.29, 1.82) is 0 Å². The number of imidazole rings is 1. The molecule has 0 spiro atoms.